The lowest BCUT2D eigenvalue weighted by molar-refractivity contribution is -0.282. The first-order chi connectivity index (χ1) is 9.08. The molecule has 0 saturated carbocycles. The van der Waals surface area contributed by atoms with Gasteiger partial charge in [0.15, 0.2) is 0 Å². The quantitative estimate of drug-likeness (QED) is 0.449. The summed E-state index contributed by atoms with van der Waals surface area (Å²) in [7, 11) is 1.18. The second-order valence-electron chi connectivity index (χ2n) is 4.55. The van der Waals surface area contributed by atoms with Crippen LogP contribution in [0.15, 0.2) is 30.8 Å². The summed E-state index contributed by atoms with van der Waals surface area (Å²) in [4.78, 5) is 4.58. The topological polar surface area (TPSA) is 47.9 Å². The molecule has 0 spiro atoms. The Hall–Kier alpha value is -0.983. The van der Waals surface area contributed by atoms with E-state index in [1.165, 1.54) is 0 Å². The van der Waals surface area contributed by atoms with Crippen molar-refractivity contribution in [3.8, 4) is 0 Å². The van der Waals surface area contributed by atoms with Crippen LogP contribution in [0.4, 0.5) is 0 Å². The van der Waals surface area contributed by atoms with Gasteiger partial charge in [-0.1, -0.05) is 36.9 Å². The Balaban J connectivity index is 2.69. The lowest BCUT2D eigenvalue weighted by Gasteiger charge is -2.24. The van der Waals surface area contributed by atoms with Crippen molar-refractivity contribution in [3.63, 3.8) is 0 Å². The fraction of sp³-hybridized carbons (Fsp3) is 0.429. The van der Waals surface area contributed by atoms with Crippen molar-refractivity contribution in [1.82, 2.24) is 0 Å². The van der Waals surface area contributed by atoms with Crippen LogP contribution in [0.25, 0.3) is 6.08 Å². The van der Waals surface area contributed by atoms with E-state index in [4.69, 9.17) is 14.1 Å². The highest BCUT2D eigenvalue weighted by Gasteiger charge is 2.30. The van der Waals surface area contributed by atoms with E-state index < -0.39 is 8.56 Å². The van der Waals surface area contributed by atoms with Crippen LogP contribution in [0.5, 0.6) is 0 Å². The fourth-order valence-corrected chi connectivity index (χ4v) is 3.17. The number of hydrogen-bond donors (Lipinski definition) is 1. The molecular weight excluding hydrogens is 260 g/mol. The Morgan fingerprint density at radius 2 is 1.84 bits per heavy atom. The van der Waals surface area contributed by atoms with Gasteiger partial charge in [0.1, 0.15) is 6.10 Å². The number of benzene rings is 1. The van der Waals surface area contributed by atoms with E-state index in [9.17, 15) is 0 Å². The van der Waals surface area contributed by atoms with Gasteiger partial charge in [-0.25, -0.2) is 4.89 Å². The fourth-order valence-electron chi connectivity index (χ4n) is 1.81. The minimum absolute atomic E-state index is 0.365. The smallest absolute Gasteiger partial charge is 0.334 e. The van der Waals surface area contributed by atoms with E-state index in [1.807, 2.05) is 30.8 Å². The minimum Gasteiger partial charge on any atom is -0.398 e. The van der Waals surface area contributed by atoms with Crippen LogP contribution in [0.3, 0.4) is 0 Å². The second kappa shape index (κ2) is 7.57. The molecule has 0 fully saturated rings. The van der Waals surface area contributed by atoms with Gasteiger partial charge in [-0.2, -0.15) is 0 Å². The van der Waals surface area contributed by atoms with Gasteiger partial charge in [-0.05, 0) is 30.1 Å². The molecule has 4 nitrogen and oxygen atoms in total. The summed E-state index contributed by atoms with van der Waals surface area (Å²) in [6.45, 7) is 5.70. The Bertz CT molecular complexity index is 387. The Kier molecular flexibility index (Phi) is 6.40. The predicted molar refractivity (Wildman–Crippen MR) is 78.0 cm³/mol. The van der Waals surface area contributed by atoms with E-state index in [-0.39, 0.29) is 6.10 Å². The van der Waals surface area contributed by atoms with Crippen LogP contribution in [-0.4, -0.2) is 28.0 Å². The van der Waals surface area contributed by atoms with Gasteiger partial charge in [-0.3, -0.25) is 5.26 Å². The predicted octanol–water partition coefficient (Wildman–Crippen LogP) is 3.62. The van der Waals surface area contributed by atoms with Crippen LogP contribution in [0.1, 0.15) is 23.7 Å². The van der Waals surface area contributed by atoms with Crippen LogP contribution in [-0.2, 0) is 13.7 Å². The number of hydrogen-bond acceptors (Lipinski definition) is 4. The van der Waals surface area contributed by atoms with Gasteiger partial charge in [0.05, 0.1) is 0 Å². The largest absolute Gasteiger partial charge is 0.398 e. The molecule has 1 unspecified atom stereocenters. The molecule has 1 aromatic rings. The van der Waals surface area contributed by atoms with E-state index >= 15 is 0 Å². The molecule has 19 heavy (non-hydrogen) atoms. The van der Waals surface area contributed by atoms with Crippen molar-refractivity contribution in [2.24, 2.45) is 0 Å². The number of rotatable bonds is 8. The van der Waals surface area contributed by atoms with E-state index in [0.717, 1.165) is 17.2 Å². The summed E-state index contributed by atoms with van der Waals surface area (Å²) in [5.41, 5.74) is 1.96. The highest BCUT2D eigenvalue weighted by atomic mass is 28.4. The summed E-state index contributed by atoms with van der Waals surface area (Å²) in [6, 6.07) is 8.48. The third-order valence-corrected chi connectivity index (χ3v) is 6.32. The highest BCUT2D eigenvalue weighted by Crippen LogP contribution is 2.26. The average Bonchev–Trinajstić information content (AvgIpc) is 2.48. The molecule has 106 valence electrons. The van der Waals surface area contributed by atoms with E-state index in [1.54, 1.807) is 20.3 Å². The zero-order chi connectivity index (χ0) is 14.3. The summed E-state index contributed by atoms with van der Waals surface area (Å²) in [5.74, 6) is 0. The first-order valence-electron chi connectivity index (χ1n) is 6.21. The van der Waals surface area contributed by atoms with Gasteiger partial charge in [0, 0.05) is 14.2 Å². The molecule has 0 aliphatic rings. The SMILES string of the molecule is C=Cc1ccc(C(CC[Si](C)(OC)OC)OO)cc1. The summed E-state index contributed by atoms with van der Waals surface area (Å²) >= 11 is 0. The maximum absolute atomic E-state index is 9.06. The molecular formula is C14H22O4Si. The zero-order valence-electron chi connectivity index (χ0n) is 11.8. The molecule has 0 amide bonds. The molecule has 1 atom stereocenters. The molecule has 1 aromatic carbocycles. The van der Waals surface area contributed by atoms with Crippen molar-refractivity contribution in [3.05, 3.63) is 42.0 Å². The molecule has 0 heterocycles. The zero-order valence-corrected chi connectivity index (χ0v) is 12.8. The average molecular weight is 282 g/mol. The summed E-state index contributed by atoms with van der Waals surface area (Å²) in [6.07, 6.45) is 2.06. The van der Waals surface area contributed by atoms with Crippen LogP contribution in [0, 0.1) is 0 Å². The molecule has 0 radical (unpaired) electrons. The molecule has 0 aromatic heterocycles. The molecule has 0 aliphatic heterocycles. The first kappa shape index (κ1) is 16.1. The normalized spacial score (nSPS) is 13.3. The first-order valence-corrected chi connectivity index (χ1v) is 8.74. The van der Waals surface area contributed by atoms with Crippen LogP contribution in [0.2, 0.25) is 12.6 Å². The molecule has 0 bridgehead atoms. The second-order valence-corrected chi connectivity index (χ2v) is 8.13. The minimum atomic E-state index is -2.13. The van der Waals surface area contributed by atoms with Crippen molar-refractivity contribution >= 4 is 14.6 Å². The van der Waals surface area contributed by atoms with Gasteiger partial charge < -0.3 is 8.85 Å². The summed E-state index contributed by atoms with van der Waals surface area (Å²) in [5, 5.41) is 9.06. The monoisotopic (exact) mass is 282 g/mol. The highest BCUT2D eigenvalue weighted by molar-refractivity contribution is 6.65. The Morgan fingerprint density at radius 3 is 2.26 bits per heavy atom. The third kappa shape index (κ3) is 4.56. The van der Waals surface area contributed by atoms with Gasteiger partial charge in [0.2, 0.25) is 0 Å². The molecule has 1 N–H and O–H groups in total. The molecule has 5 heteroatoms. The van der Waals surface area contributed by atoms with E-state index in [0.29, 0.717) is 6.42 Å². The van der Waals surface area contributed by atoms with Gasteiger partial charge >= 0.3 is 8.56 Å². The lowest BCUT2D eigenvalue weighted by atomic mass is 10.1. The maximum Gasteiger partial charge on any atom is 0.334 e. The van der Waals surface area contributed by atoms with E-state index in [2.05, 4.69) is 11.5 Å². The van der Waals surface area contributed by atoms with Crippen molar-refractivity contribution in [1.29, 1.82) is 0 Å². The van der Waals surface area contributed by atoms with Crippen molar-refractivity contribution < 1.29 is 19.0 Å². The standard InChI is InChI=1S/C14H22O4Si/c1-5-12-6-8-13(9-7-12)14(18-15)10-11-19(4,16-2)17-3/h5-9,14-15H,1,10-11H2,2-4H3. The summed E-state index contributed by atoms with van der Waals surface area (Å²) < 4.78 is 10.8. The van der Waals surface area contributed by atoms with Crippen LogP contribution >= 0.6 is 0 Å². The molecule has 1 rings (SSSR count). The Morgan fingerprint density at radius 1 is 1.26 bits per heavy atom. The maximum atomic E-state index is 9.06. The van der Waals surface area contributed by atoms with Crippen LogP contribution < -0.4 is 0 Å². The lowest BCUT2D eigenvalue weighted by Crippen LogP contribution is -2.36. The van der Waals surface area contributed by atoms with Crippen molar-refractivity contribution in [2.45, 2.75) is 25.1 Å². The Labute approximate surface area is 115 Å². The van der Waals surface area contributed by atoms with Crippen molar-refractivity contribution in [2.75, 3.05) is 14.2 Å². The molecule has 0 saturated heterocycles. The van der Waals surface area contributed by atoms with Gasteiger partial charge in [-0.15, -0.1) is 0 Å². The molecule has 0 aliphatic carbocycles. The third-order valence-electron chi connectivity index (χ3n) is 3.40. The van der Waals surface area contributed by atoms with Gasteiger partial charge in [0.25, 0.3) is 0 Å².